The Morgan fingerprint density at radius 2 is 1.61 bits per heavy atom. The van der Waals surface area contributed by atoms with Crippen LogP contribution in [0.15, 0.2) is 94.9 Å². The van der Waals surface area contributed by atoms with Gasteiger partial charge in [0.2, 0.25) is 0 Å². The van der Waals surface area contributed by atoms with Crippen molar-refractivity contribution in [2.45, 2.75) is 17.1 Å². The normalized spacial score (nSPS) is 11.6. The fourth-order valence-electron chi connectivity index (χ4n) is 2.54. The second-order valence-corrected chi connectivity index (χ2v) is 7.99. The van der Waals surface area contributed by atoms with E-state index in [9.17, 15) is 9.59 Å². The van der Waals surface area contributed by atoms with Gasteiger partial charge in [-0.05, 0) is 61.0 Å². The second kappa shape index (κ2) is 11.6. The van der Waals surface area contributed by atoms with Gasteiger partial charge in [-0.1, -0.05) is 36.4 Å². The molecule has 0 spiro atoms. The van der Waals surface area contributed by atoms with Crippen molar-refractivity contribution in [2.24, 2.45) is 5.10 Å². The van der Waals surface area contributed by atoms with Gasteiger partial charge in [-0.15, -0.1) is 11.8 Å². The van der Waals surface area contributed by atoms with Crippen molar-refractivity contribution in [3.8, 4) is 5.75 Å². The van der Waals surface area contributed by atoms with Gasteiger partial charge >= 0.3 is 0 Å². The molecule has 3 aromatic rings. The summed E-state index contributed by atoms with van der Waals surface area (Å²) in [5.74, 6) is 0.161. The van der Waals surface area contributed by atoms with E-state index in [1.807, 2.05) is 67.6 Å². The Kier molecular flexibility index (Phi) is 8.25. The molecule has 31 heavy (non-hydrogen) atoms. The van der Waals surface area contributed by atoms with Crippen molar-refractivity contribution in [1.82, 2.24) is 5.43 Å². The fourth-order valence-corrected chi connectivity index (χ4v) is 3.42. The number of rotatable bonds is 9. The number of ether oxygens (including phenoxy) is 1. The zero-order chi connectivity index (χ0) is 21.9. The molecule has 1 atom stereocenters. The highest BCUT2D eigenvalue weighted by atomic mass is 32.2. The molecule has 158 valence electrons. The minimum absolute atomic E-state index is 0.0879. The highest BCUT2D eigenvalue weighted by molar-refractivity contribution is 8.00. The molecule has 0 aliphatic heterocycles. The number of carbonyl (C=O) groups is 2. The van der Waals surface area contributed by atoms with Crippen LogP contribution in [0.2, 0.25) is 0 Å². The molecule has 6 nitrogen and oxygen atoms in total. The van der Waals surface area contributed by atoms with E-state index in [1.54, 1.807) is 30.5 Å². The van der Waals surface area contributed by atoms with Gasteiger partial charge in [0.25, 0.3) is 11.8 Å². The molecule has 2 amide bonds. The summed E-state index contributed by atoms with van der Waals surface area (Å²) in [5.41, 5.74) is 4.07. The molecule has 2 N–H and O–H groups in total. The zero-order valence-corrected chi connectivity index (χ0v) is 17.8. The zero-order valence-electron chi connectivity index (χ0n) is 17.0. The van der Waals surface area contributed by atoms with E-state index in [0.29, 0.717) is 5.75 Å². The van der Waals surface area contributed by atoms with Crippen molar-refractivity contribution < 1.29 is 14.3 Å². The van der Waals surface area contributed by atoms with Crippen LogP contribution in [0.25, 0.3) is 0 Å². The number of nitrogens with one attached hydrogen (secondary N) is 2. The van der Waals surface area contributed by atoms with Crippen LogP contribution in [-0.4, -0.2) is 29.9 Å². The molecule has 0 saturated carbocycles. The summed E-state index contributed by atoms with van der Waals surface area (Å²) in [6.45, 7) is 1.75. The van der Waals surface area contributed by atoms with Crippen LogP contribution in [-0.2, 0) is 9.59 Å². The lowest BCUT2D eigenvalue weighted by atomic mass is 10.2. The number of hydrogen-bond donors (Lipinski definition) is 2. The number of hydrogen-bond acceptors (Lipinski definition) is 5. The number of amides is 2. The van der Waals surface area contributed by atoms with Gasteiger partial charge < -0.3 is 10.1 Å². The molecule has 0 radical (unpaired) electrons. The van der Waals surface area contributed by atoms with Crippen LogP contribution in [0.1, 0.15) is 12.5 Å². The van der Waals surface area contributed by atoms with Gasteiger partial charge in [0, 0.05) is 10.6 Å². The number of thioether (sulfide) groups is 1. The first-order valence-corrected chi connectivity index (χ1v) is 10.6. The Hall–Kier alpha value is -3.58. The number of hydrazone groups is 1. The monoisotopic (exact) mass is 433 g/mol. The van der Waals surface area contributed by atoms with Crippen molar-refractivity contribution in [1.29, 1.82) is 0 Å². The van der Waals surface area contributed by atoms with E-state index < -0.39 is 0 Å². The van der Waals surface area contributed by atoms with E-state index in [4.69, 9.17) is 4.74 Å². The molecule has 0 aromatic heterocycles. The van der Waals surface area contributed by atoms with Gasteiger partial charge in [0.05, 0.1) is 11.5 Å². The molecule has 0 bridgehead atoms. The lowest BCUT2D eigenvalue weighted by Crippen LogP contribution is -2.26. The maximum Gasteiger partial charge on any atom is 0.262 e. The van der Waals surface area contributed by atoms with Gasteiger partial charge in [-0.25, -0.2) is 5.43 Å². The first-order chi connectivity index (χ1) is 15.1. The smallest absolute Gasteiger partial charge is 0.262 e. The summed E-state index contributed by atoms with van der Waals surface area (Å²) >= 11 is 1.47. The molecule has 3 rings (SSSR count). The highest BCUT2D eigenvalue weighted by Crippen LogP contribution is 2.22. The molecule has 0 unspecified atom stereocenters. The van der Waals surface area contributed by atoms with E-state index in [1.165, 1.54) is 11.8 Å². The molecule has 0 fully saturated rings. The Morgan fingerprint density at radius 1 is 0.968 bits per heavy atom. The van der Waals surface area contributed by atoms with Crippen molar-refractivity contribution in [3.63, 3.8) is 0 Å². The first kappa shape index (κ1) is 22.1. The third kappa shape index (κ3) is 7.64. The molecule has 7 heteroatoms. The summed E-state index contributed by atoms with van der Waals surface area (Å²) in [6, 6.07) is 26.0. The van der Waals surface area contributed by atoms with Gasteiger partial charge in [-0.2, -0.15) is 5.10 Å². The van der Waals surface area contributed by atoms with Crippen molar-refractivity contribution >= 4 is 35.5 Å². The first-order valence-electron chi connectivity index (χ1n) is 9.72. The number of carbonyl (C=O) groups excluding carboxylic acids is 2. The highest BCUT2D eigenvalue weighted by Gasteiger charge is 2.13. The largest absolute Gasteiger partial charge is 0.484 e. The molecule has 0 aliphatic carbocycles. The quantitative estimate of drug-likeness (QED) is 0.299. The van der Waals surface area contributed by atoms with Gasteiger partial charge in [0.1, 0.15) is 5.75 Å². The van der Waals surface area contributed by atoms with Crippen LogP contribution in [0.4, 0.5) is 5.69 Å². The van der Waals surface area contributed by atoms with E-state index >= 15 is 0 Å². The summed E-state index contributed by atoms with van der Waals surface area (Å²) in [5, 5.41) is 6.51. The summed E-state index contributed by atoms with van der Waals surface area (Å²) in [4.78, 5) is 25.1. The summed E-state index contributed by atoms with van der Waals surface area (Å²) < 4.78 is 5.50. The van der Waals surface area contributed by atoms with Crippen LogP contribution in [0, 0.1) is 0 Å². The third-order valence-corrected chi connectivity index (χ3v) is 5.23. The molecule has 0 aliphatic rings. The lowest BCUT2D eigenvalue weighted by molar-refractivity contribution is -0.120. The molecule has 0 heterocycles. The molecule has 3 aromatic carbocycles. The summed E-state index contributed by atoms with van der Waals surface area (Å²) in [6.07, 6.45) is 1.56. The number of benzene rings is 3. The maximum absolute atomic E-state index is 12.2. The molecule has 0 saturated heterocycles. The second-order valence-electron chi connectivity index (χ2n) is 6.58. The average molecular weight is 434 g/mol. The maximum atomic E-state index is 12.2. The van der Waals surface area contributed by atoms with Crippen molar-refractivity contribution in [2.75, 3.05) is 11.9 Å². The van der Waals surface area contributed by atoms with E-state index in [0.717, 1.165) is 16.1 Å². The predicted molar refractivity (Wildman–Crippen MR) is 125 cm³/mol. The minimum Gasteiger partial charge on any atom is -0.484 e. The van der Waals surface area contributed by atoms with Crippen molar-refractivity contribution in [3.05, 3.63) is 90.5 Å². The van der Waals surface area contributed by atoms with Crippen LogP contribution in [0.3, 0.4) is 0 Å². The Balaban J connectivity index is 1.41. The summed E-state index contributed by atoms with van der Waals surface area (Å²) in [7, 11) is 0. The van der Waals surface area contributed by atoms with Crippen LogP contribution < -0.4 is 15.5 Å². The minimum atomic E-state index is -0.266. The number of para-hydroxylation sites is 1. The Bertz CT molecular complexity index is 1010. The molecular weight excluding hydrogens is 410 g/mol. The standard InChI is InChI=1S/C24H23N3O3S/c1-18(31-22-10-6-3-7-11-22)24(29)27-25-16-19-12-14-21(15-13-19)30-17-23(28)26-20-8-4-2-5-9-20/h2-16,18H,17H2,1H3,(H,26,28)(H,27,29)/b25-16-/t18-/m0/s1. The predicted octanol–water partition coefficient (Wildman–Crippen LogP) is 4.34. The van der Waals surface area contributed by atoms with E-state index in [-0.39, 0.29) is 23.7 Å². The van der Waals surface area contributed by atoms with Gasteiger partial charge in [-0.3, -0.25) is 9.59 Å². The third-order valence-electron chi connectivity index (χ3n) is 4.12. The Morgan fingerprint density at radius 3 is 2.29 bits per heavy atom. The van der Waals surface area contributed by atoms with E-state index in [2.05, 4.69) is 15.8 Å². The molecular formula is C24H23N3O3S. The van der Waals surface area contributed by atoms with Crippen LogP contribution in [0.5, 0.6) is 5.75 Å². The SMILES string of the molecule is C[C@H](Sc1ccccc1)C(=O)N/N=C\c1ccc(OCC(=O)Nc2ccccc2)cc1. The topological polar surface area (TPSA) is 79.8 Å². The number of anilines is 1. The number of nitrogens with zero attached hydrogens (tertiary/aromatic N) is 1. The van der Waals surface area contributed by atoms with Crippen LogP contribution >= 0.6 is 11.8 Å². The van der Waals surface area contributed by atoms with Gasteiger partial charge in [0.15, 0.2) is 6.61 Å². The average Bonchev–Trinajstić information content (AvgIpc) is 2.80. The Labute approximate surface area is 185 Å². The lowest BCUT2D eigenvalue weighted by Gasteiger charge is -2.09. The fraction of sp³-hybridized carbons (Fsp3) is 0.125.